The van der Waals surface area contributed by atoms with Crippen molar-refractivity contribution in [3.05, 3.63) is 57.8 Å². The fourth-order valence-electron chi connectivity index (χ4n) is 3.32. The van der Waals surface area contributed by atoms with Gasteiger partial charge in [0.1, 0.15) is 16.9 Å². The second kappa shape index (κ2) is 9.45. The molecule has 1 aliphatic heterocycles. The number of carbonyl (C=O) groups excluding carboxylic acids is 2. The number of esters is 1. The highest BCUT2D eigenvalue weighted by Gasteiger charge is 2.36. The van der Waals surface area contributed by atoms with Gasteiger partial charge in [0.2, 0.25) is 0 Å². The molecule has 1 aliphatic rings. The molecule has 0 bridgehead atoms. The summed E-state index contributed by atoms with van der Waals surface area (Å²) >= 11 is 2.79. The molecular formula is C20H21FN2O3S2. The number of aromatic nitrogens is 1. The van der Waals surface area contributed by atoms with Crippen LogP contribution in [0.3, 0.4) is 0 Å². The van der Waals surface area contributed by atoms with Gasteiger partial charge in [0.15, 0.2) is 5.12 Å². The summed E-state index contributed by atoms with van der Waals surface area (Å²) in [5.74, 6) is -0.944. The lowest BCUT2D eigenvalue weighted by Crippen LogP contribution is -2.43. The fourth-order valence-corrected chi connectivity index (χ4v) is 4.84. The van der Waals surface area contributed by atoms with E-state index in [4.69, 9.17) is 4.74 Å². The fraction of sp³-hybridized carbons (Fsp3) is 0.350. The van der Waals surface area contributed by atoms with Gasteiger partial charge in [-0.1, -0.05) is 30.0 Å². The number of halogens is 1. The number of piperidine rings is 1. The largest absolute Gasteiger partial charge is 0.468 e. The first-order valence-corrected chi connectivity index (χ1v) is 10.6. The summed E-state index contributed by atoms with van der Waals surface area (Å²) in [6.45, 7) is 2.53. The Bertz CT molecular complexity index is 870. The Morgan fingerprint density at radius 2 is 2.21 bits per heavy atom. The van der Waals surface area contributed by atoms with Crippen LogP contribution < -0.4 is 0 Å². The average molecular weight is 421 g/mol. The number of thiazole rings is 1. The number of rotatable bonds is 5. The zero-order valence-corrected chi connectivity index (χ0v) is 17.3. The maximum absolute atomic E-state index is 14.4. The van der Waals surface area contributed by atoms with Crippen LogP contribution in [-0.2, 0) is 14.3 Å². The lowest BCUT2D eigenvalue weighted by atomic mass is 9.98. The van der Waals surface area contributed by atoms with Crippen molar-refractivity contribution in [3.63, 3.8) is 0 Å². The maximum atomic E-state index is 14.4. The van der Waals surface area contributed by atoms with Crippen molar-refractivity contribution in [1.29, 1.82) is 0 Å². The molecule has 1 fully saturated rings. The van der Waals surface area contributed by atoms with Crippen LogP contribution in [0.2, 0.25) is 0 Å². The smallest absolute Gasteiger partial charge is 0.327 e. The van der Waals surface area contributed by atoms with Crippen LogP contribution in [0, 0.1) is 5.82 Å². The Morgan fingerprint density at radius 3 is 2.86 bits per heavy atom. The van der Waals surface area contributed by atoms with Gasteiger partial charge in [-0.2, -0.15) is 0 Å². The highest BCUT2D eigenvalue weighted by molar-refractivity contribution is 8.14. The summed E-state index contributed by atoms with van der Waals surface area (Å²) < 4.78 is 19.4. The van der Waals surface area contributed by atoms with Crippen LogP contribution in [0.1, 0.15) is 30.0 Å². The Balaban J connectivity index is 1.93. The second-order valence-corrected chi connectivity index (χ2v) is 8.70. The number of hydrogen-bond donors (Lipinski definition) is 0. The van der Waals surface area contributed by atoms with E-state index in [1.54, 1.807) is 31.3 Å². The molecule has 1 aromatic carbocycles. The quantitative estimate of drug-likeness (QED) is 0.683. The third kappa shape index (κ3) is 4.87. The molecule has 2 aromatic rings. The summed E-state index contributed by atoms with van der Waals surface area (Å²) in [7, 11) is 1.31. The van der Waals surface area contributed by atoms with E-state index in [1.165, 1.54) is 36.3 Å². The van der Waals surface area contributed by atoms with Crippen LogP contribution in [-0.4, -0.2) is 46.4 Å². The minimum Gasteiger partial charge on any atom is -0.468 e. The molecule has 148 valence electrons. The van der Waals surface area contributed by atoms with Crippen LogP contribution in [0.5, 0.6) is 0 Å². The van der Waals surface area contributed by atoms with Crippen molar-refractivity contribution < 1.29 is 18.7 Å². The summed E-state index contributed by atoms with van der Waals surface area (Å²) in [6.07, 6.45) is 4.36. The van der Waals surface area contributed by atoms with Gasteiger partial charge in [0.05, 0.1) is 7.11 Å². The topological polar surface area (TPSA) is 59.5 Å². The molecule has 0 aliphatic carbocycles. The predicted molar refractivity (Wildman–Crippen MR) is 109 cm³/mol. The van der Waals surface area contributed by atoms with Gasteiger partial charge >= 0.3 is 5.97 Å². The molecule has 2 atom stereocenters. The molecule has 28 heavy (non-hydrogen) atoms. The first-order valence-electron chi connectivity index (χ1n) is 8.83. The molecule has 0 amide bonds. The molecule has 5 nitrogen and oxygen atoms in total. The lowest BCUT2D eigenvalue weighted by molar-refractivity contribution is -0.147. The molecule has 3 rings (SSSR count). The first-order chi connectivity index (χ1) is 13.5. The normalized spacial score (nSPS) is 20.1. The number of nitrogens with zero attached hydrogens (tertiary/aromatic N) is 2. The summed E-state index contributed by atoms with van der Waals surface area (Å²) in [4.78, 5) is 30.4. The van der Waals surface area contributed by atoms with E-state index in [9.17, 15) is 14.0 Å². The third-order valence-corrected chi connectivity index (χ3v) is 6.41. The third-order valence-electron chi connectivity index (χ3n) is 4.54. The van der Waals surface area contributed by atoms with E-state index >= 15 is 0 Å². The molecule has 0 N–H and O–H groups in total. The molecule has 2 heterocycles. The van der Waals surface area contributed by atoms with Gasteiger partial charge in [-0.05, 0) is 24.1 Å². The van der Waals surface area contributed by atoms with Crippen molar-refractivity contribution >= 4 is 40.3 Å². The number of thioether (sulfide) groups is 1. The molecule has 0 radical (unpaired) electrons. The minimum absolute atomic E-state index is 0.0107. The maximum Gasteiger partial charge on any atom is 0.327 e. The van der Waals surface area contributed by atoms with Gasteiger partial charge < -0.3 is 4.74 Å². The molecular weight excluding hydrogens is 399 g/mol. The highest BCUT2D eigenvalue weighted by Crippen LogP contribution is 2.35. The summed E-state index contributed by atoms with van der Waals surface area (Å²) in [5.41, 5.74) is 1.28. The Morgan fingerprint density at radius 1 is 1.43 bits per heavy atom. The van der Waals surface area contributed by atoms with Gasteiger partial charge in [-0.15, -0.1) is 11.3 Å². The van der Waals surface area contributed by atoms with E-state index in [-0.39, 0.29) is 10.4 Å². The van der Waals surface area contributed by atoms with E-state index in [0.717, 1.165) is 10.6 Å². The van der Waals surface area contributed by atoms with E-state index in [0.29, 0.717) is 25.1 Å². The standard InChI is InChI=1S/C20H21FN2O3S2/c1-13(24)28-17-7-9-23(12-14(17)11-18-22-8-10-27-18)19(20(25)26-2)15-5-3-4-6-16(15)21/h3-6,8,10-11,17,19H,7,9,12H2,1-2H3. The predicted octanol–water partition coefficient (Wildman–Crippen LogP) is 3.93. The van der Waals surface area contributed by atoms with Crippen molar-refractivity contribution in [1.82, 2.24) is 9.88 Å². The van der Waals surface area contributed by atoms with Crippen LogP contribution >= 0.6 is 23.1 Å². The monoisotopic (exact) mass is 420 g/mol. The van der Waals surface area contributed by atoms with Gasteiger partial charge in [-0.25, -0.2) is 14.2 Å². The average Bonchev–Trinajstić information content (AvgIpc) is 3.18. The van der Waals surface area contributed by atoms with Gasteiger partial charge in [0.25, 0.3) is 0 Å². The van der Waals surface area contributed by atoms with Crippen LogP contribution in [0.4, 0.5) is 4.39 Å². The Kier molecular flexibility index (Phi) is 6.98. The van der Waals surface area contributed by atoms with Crippen molar-refractivity contribution in [2.24, 2.45) is 0 Å². The minimum atomic E-state index is -0.839. The number of methoxy groups -OCH3 is 1. The van der Waals surface area contributed by atoms with Crippen LogP contribution in [0.25, 0.3) is 6.08 Å². The van der Waals surface area contributed by atoms with Gasteiger partial charge in [-0.3, -0.25) is 9.69 Å². The molecule has 2 unspecified atom stereocenters. The van der Waals surface area contributed by atoms with E-state index < -0.39 is 17.8 Å². The number of hydrogen-bond acceptors (Lipinski definition) is 7. The molecule has 1 aromatic heterocycles. The van der Waals surface area contributed by atoms with Gasteiger partial charge in [0, 0.05) is 42.4 Å². The number of likely N-dealkylation sites (tertiary alicyclic amines) is 1. The SMILES string of the molecule is COC(=O)C(c1ccccc1F)N1CCC(SC(C)=O)C(=Cc2nccs2)C1. The van der Waals surface area contributed by atoms with E-state index in [1.807, 2.05) is 16.4 Å². The molecule has 0 spiro atoms. The summed E-state index contributed by atoms with van der Waals surface area (Å²) in [6, 6.07) is 5.41. The number of ether oxygens (including phenoxy) is 1. The zero-order chi connectivity index (χ0) is 20.1. The second-order valence-electron chi connectivity index (χ2n) is 6.39. The number of benzene rings is 1. The van der Waals surface area contributed by atoms with Crippen molar-refractivity contribution in [2.75, 3.05) is 20.2 Å². The Hall–Kier alpha value is -2.03. The zero-order valence-electron chi connectivity index (χ0n) is 15.6. The highest BCUT2D eigenvalue weighted by atomic mass is 32.2. The molecule has 1 saturated heterocycles. The molecule has 8 heteroatoms. The van der Waals surface area contributed by atoms with E-state index in [2.05, 4.69) is 4.98 Å². The molecule has 0 saturated carbocycles. The Labute approximate surface area is 171 Å². The van der Waals surface area contributed by atoms with Crippen LogP contribution in [0.15, 0.2) is 41.4 Å². The lowest BCUT2D eigenvalue weighted by Gasteiger charge is -2.37. The first kappa shape index (κ1) is 20.7. The summed E-state index contributed by atoms with van der Waals surface area (Å²) in [5, 5.41) is 2.78. The van der Waals surface area contributed by atoms with Crippen molar-refractivity contribution in [3.8, 4) is 0 Å². The van der Waals surface area contributed by atoms with Crippen molar-refractivity contribution in [2.45, 2.75) is 24.6 Å². The number of carbonyl (C=O) groups is 2.